The fraction of sp³-hybridized carbons (Fsp3) is 0.429. The van der Waals surface area contributed by atoms with Crippen LogP contribution in [0.4, 0.5) is 0 Å². The molecule has 1 aliphatic heterocycles. The number of hydrogen-bond acceptors (Lipinski definition) is 4. The summed E-state index contributed by atoms with van der Waals surface area (Å²) in [6, 6.07) is 14.5. The van der Waals surface area contributed by atoms with E-state index < -0.39 is 9.84 Å². The molecular formula is C21H27NO3S. The largest absolute Gasteiger partial charge is 0.508 e. The number of aryl methyl sites for hydroxylation is 2. The number of phenolic OH excluding ortho intramolecular Hbond substituents is 1. The van der Waals surface area contributed by atoms with Gasteiger partial charge in [0, 0.05) is 6.54 Å². The second kappa shape index (κ2) is 8.23. The molecule has 140 valence electrons. The maximum Gasteiger partial charge on any atom is 0.182 e. The second-order valence-corrected chi connectivity index (χ2v) is 9.42. The highest BCUT2D eigenvalue weighted by Crippen LogP contribution is 2.25. The molecule has 1 heterocycles. The van der Waals surface area contributed by atoms with E-state index in [2.05, 4.69) is 36.1 Å². The van der Waals surface area contributed by atoms with Gasteiger partial charge in [0.25, 0.3) is 0 Å². The Morgan fingerprint density at radius 3 is 2.62 bits per heavy atom. The third-order valence-corrected chi connectivity index (χ3v) is 7.30. The Bertz CT molecular complexity index is 831. The lowest BCUT2D eigenvalue weighted by atomic mass is 10.1. The van der Waals surface area contributed by atoms with E-state index in [9.17, 15) is 13.5 Å². The minimum atomic E-state index is -3.32. The van der Waals surface area contributed by atoms with Crippen molar-refractivity contribution in [2.75, 3.05) is 19.6 Å². The highest BCUT2D eigenvalue weighted by atomic mass is 32.2. The van der Waals surface area contributed by atoms with E-state index in [1.54, 1.807) is 0 Å². The third-order valence-electron chi connectivity index (χ3n) is 5.11. The minimum absolute atomic E-state index is 0.0885. The van der Waals surface area contributed by atoms with Crippen molar-refractivity contribution < 1.29 is 13.5 Å². The van der Waals surface area contributed by atoms with Crippen LogP contribution >= 0.6 is 0 Å². The smallest absolute Gasteiger partial charge is 0.182 e. The molecule has 1 atom stereocenters. The summed E-state index contributed by atoms with van der Waals surface area (Å²) in [4.78, 5) is 2.57. The summed E-state index contributed by atoms with van der Waals surface area (Å²) in [5.41, 5.74) is 2.67. The average Bonchev–Trinajstić information content (AvgIpc) is 3.09. The van der Waals surface area contributed by atoms with Crippen LogP contribution in [-0.2, 0) is 16.3 Å². The average molecular weight is 374 g/mol. The van der Waals surface area contributed by atoms with Crippen LogP contribution < -0.4 is 0 Å². The summed E-state index contributed by atoms with van der Waals surface area (Å²) >= 11 is 0. The molecule has 0 saturated carbocycles. The van der Waals surface area contributed by atoms with Crippen LogP contribution in [0, 0.1) is 6.92 Å². The van der Waals surface area contributed by atoms with Crippen LogP contribution in [0.5, 0.6) is 5.75 Å². The number of nitrogens with zero attached hydrogens (tertiary/aromatic N) is 1. The van der Waals surface area contributed by atoms with E-state index >= 15 is 0 Å². The quantitative estimate of drug-likeness (QED) is 0.754. The first-order chi connectivity index (χ1) is 12.4. The first-order valence-electron chi connectivity index (χ1n) is 9.26. The Balaban J connectivity index is 1.47. The molecule has 5 heteroatoms. The van der Waals surface area contributed by atoms with E-state index in [4.69, 9.17) is 0 Å². The second-order valence-electron chi connectivity index (χ2n) is 7.20. The van der Waals surface area contributed by atoms with Gasteiger partial charge in [0.1, 0.15) is 5.75 Å². The number of hydrogen-bond donors (Lipinski definition) is 1. The molecule has 0 amide bonds. The van der Waals surface area contributed by atoms with Crippen LogP contribution in [0.1, 0.15) is 30.4 Å². The minimum Gasteiger partial charge on any atom is -0.508 e. The molecule has 1 unspecified atom stereocenters. The van der Waals surface area contributed by atoms with E-state index in [1.165, 1.54) is 35.4 Å². The molecule has 4 nitrogen and oxygen atoms in total. The third kappa shape index (κ3) is 4.65. The van der Waals surface area contributed by atoms with Gasteiger partial charge in [-0.15, -0.1) is 0 Å². The maximum absolute atomic E-state index is 12.7. The molecule has 0 radical (unpaired) electrons. The van der Waals surface area contributed by atoms with Crippen molar-refractivity contribution in [3.63, 3.8) is 0 Å². The normalized spacial score (nSPS) is 18.3. The summed E-state index contributed by atoms with van der Waals surface area (Å²) in [5, 5.41) is 9.00. The fourth-order valence-corrected chi connectivity index (χ4v) is 5.34. The Morgan fingerprint density at radius 2 is 1.88 bits per heavy atom. The van der Waals surface area contributed by atoms with Crippen molar-refractivity contribution in [1.29, 1.82) is 0 Å². The van der Waals surface area contributed by atoms with Crippen molar-refractivity contribution in [3.8, 4) is 5.75 Å². The van der Waals surface area contributed by atoms with Gasteiger partial charge in [-0.2, -0.15) is 0 Å². The predicted octanol–water partition coefficient (Wildman–Crippen LogP) is 3.57. The molecule has 0 aliphatic carbocycles. The number of likely N-dealkylation sites (tertiary alicyclic amines) is 1. The van der Waals surface area contributed by atoms with Gasteiger partial charge >= 0.3 is 0 Å². The lowest BCUT2D eigenvalue weighted by Gasteiger charge is -2.16. The van der Waals surface area contributed by atoms with Crippen molar-refractivity contribution in [2.45, 2.75) is 42.8 Å². The summed E-state index contributed by atoms with van der Waals surface area (Å²) in [6.07, 6.45) is 3.96. The molecule has 1 N–H and O–H groups in total. The maximum atomic E-state index is 12.7. The Hall–Kier alpha value is -1.85. The van der Waals surface area contributed by atoms with Crippen LogP contribution in [0.2, 0.25) is 0 Å². The van der Waals surface area contributed by atoms with Crippen LogP contribution in [0.3, 0.4) is 0 Å². The number of phenols is 1. The SMILES string of the molecule is Cc1cccc(CCCCN2CCC(S(=O)(=O)c3ccc(O)cc3)C2)c1. The zero-order chi connectivity index (χ0) is 18.6. The van der Waals surface area contributed by atoms with E-state index in [0.717, 1.165) is 32.4 Å². The van der Waals surface area contributed by atoms with Crippen LogP contribution in [0.25, 0.3) is 0 Å². The van der Waals surface area contributed by atoms with Crippen molar-refractivity contribution >= 4 is 9.84 Å². The molecule has 26 heavy (non-hydrogen) atoms. The standard InChI is InChI=1S/C21H27NO3S/c1-17-5-4-7-18(15-17)6-2-3-13-22-14-12-21(16-22)26(24,25)20-10-8-19(23)9-11-20/h4-5,7-11,15,21,23H,2-3,6,12-14,16H2,1H3. The van der Waals surface area contributed by atoms with E-state index in [-0.39, 0.29) is 11.0 Å². The predicted molar refractivity (Wildman–Crippen MR) is 104 cm³/mol. The van der Waals surface area contributed by atoms with Crippen molar-refractivity contribution in [1.82, 2.24) is 4.90 Å². The van der Waals surface area contributed by atoms with Crippen LogP contribution in [-0.4, -0.2) is 43.3 Å². The Labute approximate surface area is 156 Å². The fourth-order valence-electron chi connectivity index (χ4n) is 3.61. The van der Waals surface area contributed by atoms with Gasteiger partial charge in [-0.3, -0.25) is 0 Å². The molecule has 3 rings (SSSR count). The summed E-state index contributed by atoms with van der Waals surface area (Å²) in [5.74, 6) is 0.0885. The number of sulfone groups is 1. The summed E-state index contributed by atoms with van der Waals surface area (Å²) in [6.45, 7) is 4.51. The number of aromatic hydroxyl groups is 1. The zero-order valence-electron chi connectivity index (χ0n) is 15.3. The molecule has 2 aromatic carbocycles. The van der Waals surface area contributed by atoms with Crippen LogP contribution in [0.15, 0.2) is 53.4 Å². The lowest BCUT2D eigenvalue weighted by Crippen LogP contribution is -2.27. The van der Waals surface area contributed by atoms with Gasteiger partial charge in [0.15, 0.2) is 9.84 Å². The number of benzene rings is 2. The summed E-state index contributed by atoms with van der Waals surface area (Å²) in [7, 11) is -3.32. The monoisotopic (exact) mass is 373 g/mol. The van der Waals surface area contributed by atoms with Gasteiger partial charge in [-0.25, -0.2) is 8.42 Å². The summed E-state index contributed by atoms with van der Waals surface area (Å²) < 4.78 is 25.5. The van der Waals surface area contributed by atoms with E-state index in [1.807, 2.05) is 0 Å². The molecule has 0 aromatic heterocycles. The molecular weight excluding hydrogens is 346 g/mol. The van der Waals surface area contributed by atoms with Crippen molar-refractivity contribution in [3.05, 3.63) is 59.7 Å². The van der Waals surface area contributed by atoms with Crippen molar-refractivity contribution in [2.24, 2.45) is 0 Å². The molecule has 2 aromatic rings. The molecule has 1 fully saturated rings. The highest BCUT2D eigenvalue weighted by molar-refractivity contribution is 7.92. The molecule has 1 aliphatic rings. The van der Waals surface area contributed by atoms with Gasteiger partial charge in [-0.05, 0) is 75.5 Å². The lowest BCUT2D eigenvalue weighted by molar-refractivity contribution is 0.330. The van der Waals surface area contributed by atoms with Gasteiger partial charge in [0.05, 0.1) is 10.1 Å². The molecule has 0 spiro atoms. The Morgan fingerprint density at radius 1 is 1.12 bits per heavy atom. The van der Waals surface area contributed by atoms with Gasteiger partial charge in [0.2, 0.25) is 0 Å². The number of rotatable bonds is 7. The highest BCUT2D eigenvalue weighted by Gasteiger charge is 2.33. The molecule has 1 saturated heterocycles. The Kier molecular flexibility index (Phi) is 5.99. The van der Waals surface area contributed by atoms with Gasteiger partial charge < -0.3 is 10.0 Å². The zero-order valence-corrected chi connectivity index (χ0v) is 16.1. The first kappa shape index (κ1) is 18.9. The first-order valence-corrected chi connectivity index (χ1v) is 10.8. The topological polar surface area (TPSA) is 57.6 Å². The number of unbranched alkanes of at least 4 members (excludes halogenated alkanes) is 1. The van der Waals surface area contributed by atoms with E-state index in [0.29, 0.717) is 17.9 Å². The van der Waals surface area contributed by atoms with Gasteiger partial charge in [-0.1, -0.05) is 29.8 Å². The molecule has 0 bridgehead atoms.